The average Bonchev–Trinajstić information content (AvgIpc) is 1.48. The first-order valence-corrected chi connectivity index (χ1v) is 37.5. The minimum absolute atomic E-state index is 0.466. The van der Waals surface area contributed by atoms with Gasteiger partial charge in [0.2, 0.25) is 5.70 Å². The lowest BCUT2D eigenvalue weighted by atomic mass is 9.86. The minimum Gasteiger partial charge on any atom is -0.340 e. The van der Waals surface area contributed by atoms with Crippen molar-refractivity contribution in [1.82, 2.24) is 18.3 Å². The summed E-state index contributed by atoms with van der Waals surface area (Å²) in [5, 5.41) is 21.9. The average molecular weight is 1400 g/mol. The highest BCUT2D eigenvalue weighted by atomic mass is 15.2. The summed E-state index contributed by atoms with van der Waals surface area (Å²) in [6.45, 7) is 10.7. The molecule has 0 saturated heterocycles. The zero-order chi connectivity index (χ0) is 72.9. The third kappa shape index (κ3) is 10.3. The van der Waals surface area contributed by atoms with Crippen LogP contribution in [0.25, 0.3) is 192 Å². The van der Waals surface area contributed by atoms with Crippen LogP contribution in [0.2, 0.25) is 0 Å². The molecule has 0 N–H and O–H groups in total. The van der Waals surface area contributed by atoms with Gasteiger partial charge in [-0.1, -0.05) is 291 Å². The third-order valence-corrected chi connectivity index (χ3v) is 22.8. The SMILES string of the molecule is [C-]#[N+]C1=C(n2c3ccc(-c4ccccc4)cc3c3cc(-c4ccccc4)ccc32)C(n2c3ccc(-c4ccccc4)cc3c3cc(-c4ccccc4)ccc32)=C(C#N)C(n2c3ccc(-c4ccccc4)cc3c3cc(-c4ccccc4)ccc32)C1n1c2ccc(-c3ccccc3)cc2c2cc(-c3ccccc3)ccc21. The van der Waals surface area contributed by atoms with Gasteiger partial charge < -0.3 is 18.3 Å². The van der Waals surface area contributed by atoms with Gasteiger partial charge in [-0.15, -0.1) is 0 Å². The lowest BCUT2D eigenvalue weighted by Gasteiger charge is -2.38. The molecule has 0 spiro atoms. The molecule has 6 heteroatoms. The Labute approximate surface area is 636 Å². The number of rotatable bonds is 12. The van der Waals surface area contributed by atoms with Crippen LogP contribution in [-0.2, 0) is 0 Å². The van der Waals surface area contributed by atoms with Crippen LogP contribution in [0.4, 0.5) is 0 Å². The summed E-state index contributed by atoms with van der Waals surface area (Å²) in [6.07, 6.45) is 0. The molecular formula is C104H66N6. The smallest absolute Gasteiger partial charge is 0.215 e. The summed E-state index contributed by atoms with van der Waals surface area (Å²) < 4.78 is 9.63. The van der Waals surface area contributed by atoms with Crippen molar-refractivity contribution >= 4 is 98.6 Å². The maximum atomic E-state index is 13.7. The molecule has 1 aliphatic carbocycles. The quantitative estimate of drug-likeness (QED) is 0.112. The monoisotopic (exact) mass is 1400 g/mol. The van der Waals surface area contributed by atoms with Gasteiger partial charge in [-0.2, -0.15) is 5.26 Å². The fourth-order valence-electron chi connectivity index (χ4n) is 17.8. The van der Waals surface area contributed by atoms with Gasteiger partial charge in [0, 0.05) is 65.2 Å². The van der Waals surface area contributed by atoms with Gasteiger partial charge in [0.05, 0.1) is 63.8 Å². The number of nitriles is 1. The van der Waals surface area contributed by atoms with E-state index in [2.05, 4.69) is 413 Å². The summed E-state index contributed by atoms with van der Waals surface area (Å²) in [6, 6.07) is 141. The normalized spacial score (nSPS) is 13.9. The van der Waals surface area contributed by atoms with Crippen LogP contribution < -0.4 is 0 Å². The second-order valence-electron chi connectivity index (χ2n) is 28.8. The van der Waals surface area contributed by atoms with Crippen LogP contribution in [0.3, 0.4) is 0 Å². The van der Waals surface area contributed by atoms with Gasteiger partial charge in [0.15, 0.2) is 0 Å². The van der Waals surface area contributed by atoms with Gasteiger partial charge in [-0.3, -0.25) is 0 Å². The molecule has 6 nitrogen and oxygen atoms in total. The largest absolute Gasteiger partial charge is 0.340 e. The molecule has 0 aliphatic heterocycles. The van der Waals surface area contributed by atoms with E-state index < -0.39 is 12.1 Å². The highest BCUT2D eigenvalue weighted by Crippen LogP contribution is 2.57. The van der Waals surface area contributed by atoms with Crippen LogP contribution in [0.1, 0.15) is 12.1 Å². The molecule has 4 heterocycles. The molecule has 4 aromatic heterocycles. The van der Waals surface area contributed by atoms with Crippen LogP contribution >= 0.6 is 0 Å². The Hall–Kier alpha value is -14.8. The number of benzene rings is 16. The van der Waals surface area contributed by atoms with Crippen molar-refractivity contribution in [2.24, 2.45) is 0 Å². The fourth-order valence-corrected chi connectivity index (χ4v) is 17.8. The first-order chi connectivity index (χ1) is 54.5. The lowest BCUT2D eigenvalue weighted by Crippen LogP contribution is -2.31. The summed E-state index contributed by atoms with van der Waals surface area (Å²) in [7, 11) is 0. The number of nitrogens with zero attached hydrogens (tertiary/aromatic N) is 6. The molecule has 110 heavy (non-hydrogen) atoms. The molecule has 0 saturated carbocycles. The van der Waals surface area contributed by atoms with Gasteiger partial charge in [0.1, 0.15) is 0 Å². The van der Waals surface area contributed by atoms with Crippen molar-refractivity contribution in [1.29, 1.82) is 5.26 Å². The van der Waals surface area contributed by atoms with Crippen molar-refractivity contribution < 1.29 is 0 Å². The molecule has 0 radical (unpaired) electrons. The topological polar surface area (TPSA) is 47.9 Å². The van der Waals surface area contributed by atoms with Crippen LogP contribution in [0.5, 0.6) is 0 Å². The van der Waals surface area contributed by atoms with E-state index in [0.29, 0.717) is 22.7 Å². The molecule has 21 rings (SSSR count). The molecule has 0 bridgehead atoms. The molecule has 0 fully saturated rings. The van der Waals surface area contributed by atoms with E-state index in [9.17, 15) is 11.8 Å². The van der Waals surface area contributed by atoms with Crippen molar-refractivity contribution in [3.8, 4) is 95.1 Å². The van der Waals surface area contributed by atoms with Crippen LogP contribution in [-0.4, -0.2) is 18.3 Å². The Balaban J connectivity index is 0.966. The van der Waals surface area contributed by atoms with E-state index in [-0.39, 0.29) is 0 Å². The van der Waals surface area contributed by atoms with E-state index in [4.69, 9.17) is 4.85 Å². The number of hydrogen-bond acceptors (Lipinski definition) is 1. The Kier molecular flexibility index (Phi) is 15.1. The molecular weight excluding hydrogens is 1330 g/mol. The van der Waals surface area contributed by atoms with E-state index in [1.54, 1.807) is 0 Å². The maximum Gasteiger partial charge on any atom is 0.215 e. The van der Waals surface area contributed by atoms with Crippen LogP contribution in [0, 0.1) is 17.9 Å². The number of allylic oxidation sites excluding steroid dienone is 4. The first-order valence-electron chi connectivity index (χ1n) is 37.5. The predicted octanol–water partition coefficient (Wildman–Crippen LogP) is 27.5. The Bertz CT molecular complexity index is 6410. The van der Waals surface area contributed by atoms with Crippen molar-refractivity contribution in [2.45, 2.75) is 12.1 Å². The van der Waals surface area contributed by atoms with E-state index >= 15 is 0 Å². The van der Waals surface area contributed by atoms with Crippen LogP contribution in [0.15, 0.2) is 400 Å². The van der Waals surface area contributed by atoms with E-state index in [1.165, 1.54) is 0 Å². The zero-order valence-corrected chi connectivity index (χ0v) is 59.8. The Morgan fingerprint density at radius 2 is 0.409 bits per heavy atom. The van der Waals surface area contributed by atoms with Crippen molar-refractivity contribution in [3.05, 3.63) is 411 Å². The van der Waals surface area contributed by atoms with Crippen molar-refractivity contribution in [2.75, 3.05) is 0 Å². The predicted molar refractivity (Wildman–Crippen MR) is 458 cm³/mol. The van der Waals surface area contributed by atoms with E-state index in [0.717, 1.165) is 176 Å². The molecule has 1 aliphatic rings. The summed E-state index contributed by atoms with van der Waals surface area (Å²) in [4.78, 5) is 5.25. The zero-order valence-electron chi connectivity index (χ0n) is 59.8. The number of fused-ring (bicyclic) bond motifs is 12. The van der Waals surface area contributed by atoms with Gasteiger partial charge in [0.25, 0.3) is 0 Å². The third-order valence-electron chi connectivity index (χ3n) is 22.8. The van der Waals surface area contributed by atoms with Gasteiger partial charge in [-0.05, 0) is 186 Å². The minimum atomic E-state index is -0.922. The second-order valence-corrected chi connectivity index (χ2v) is 28.8. The standard InChI is InChI=1S/C104H66N6/c1-106-100-103(109-96-54-46-79(71-34-18-6-19-35-71)62-87(96)88-63-80(47-55-97(88)109)72-36-20-7-21-37-72)101(107-92-50-42-75(67-26-10-2-11-27-67)58-83(92)84-59-76(43-51-93(84)107)68-28-12-3-13-29-68)91(66-105)102(108-94-52-44-77(69-30-14-4-15-31-69)60-85(94)86-61-78(45-53-95(86)108)70-32-16-5-17-33-70)104(100)110-98-56-48-81(73-38-22-8-23-39-73)64-89(98)90-65-82(49-57-99(90)110)74-40-24-9-25-41-74/h2-65,101,103H. The fraction of sp³-hybridized carbons (Fsp3) is 0.0192. The Morgan fingerprint density at radius 3 is 0.618 bits per heavy atom. The summed E-state index contributed by atoms with van der Waals surface area (Å²) >= 11 is 0. The summed E-state index contributed by atoms with van der Waals surface area (Å²) in [5.74, 6) is 0. The first kappa shape index (κ1) is 63.6. The molecule has 2 unspecified atom stereocenters. The molecule has 512 valence electrons. The van der Waals surface area contributed by atoms with Gasteiger partial charge >= 0.3 is 0 Å². The highest BCUT2D eigenvalue weighted by Gasteiger charge is 2.46. The van der Waals surface area contributed by atoms with Gasteiger partial charge in [-0.25, -0.2) is 4.85 Å². The summed E-state index contributed by atoms with van der Waals surface area (Å²) in [5.41, 5.74) is 26.8. The Morgan fingerprint density at radius 1 is 0.218 bits per heavy atom. The van der Waals surface area contributed by atoms with E-state index in [1.807, 2.05) is 0 Å². The highest BCUT2D eigenvalue weighted by molar-refractivity contribution is 6.21. The number of aromatic nitrogens is 4. The molecule has 2 atom stereocenters. The molecule has 0 amide bonds. The second kappa shape index (κ2) is 26.0. The lowest BCUT2D eigenvalue weighted by molar-refractivity contribution is 0.452. The number of hydrogen-bond donors (Lipinski definition) is 0. The van der Waals surface area contributed by atoms with Crippen molar-refractivity contribution in [3.63, 3.8) is 0 Å². The molecule has 20 aromatic rings. The maximum absolute atomic E-state index is 13.7. The molecule has 16 aromatic carbocycles.